The second-order valence-corrected chi connectivity index (χ2v) is 3.95. The summed E-state index contributed by atoms with van der Waals surface area (Å²) in [7, 11) is 0. The van der Waals surface area contributed by atoms with Crippen LogP contribution in [-0.2, 0) is 25.6 Å². The molecule has 0 atom stereocenters. The molecule has 0 bridgehead atoms. The Morgan fingerprint density at radius 2 is 1.63 bits per heavy atom. The molecule has 1 N–H and O–H groups in total. The fraction of sp³-hybridized carbons (Fsp3) is 0.500. The number of hydrogen-bond donors (Lipinski definition) is 1. The van der Waals surface area contributed by atoms with Crippen molar-refractivity contribution in [1.29, 1.82) is 0 Å². The third-order valence-electron chi connectivity index (χ3n) is 2.29. The van der Waals surface area contributed by atoms with Gasteiger partial charge in [-0.3, -0.25) is 0 Å². The molecule has 0 aliphatic heterocycles. The second kappa shape index (κ2) is 10.5. The summed E-state index contributed by atoms with van der Waals surface area (Å²) in [5.41, 5.74) is 1.14. The maximum absolute atomic E-state index is 10.2. The number of aliphatic carboxylic acids is 1. The molecule has 0 radical (unpaired) electrons. The Kier molecular flexibility index (Phi) is 8.63. The highest BCUT2D eigenvalue weighted by Gasteiger charge is 1.96. The highest BCUT2D eigenvalue weighted by atomic mass is 16.5. The molecule has 106 valence electrons. The van der Waals surface area contributed by atoms with Gasteiger partial charge in [-0.25, -0.2) is 4.79 Å². The van der Waals surface area contributed by atoms with Crippen LogP contribution >= 0.6 is 0 Å². The number of rotatable bonds is 11. The molecule has 0 unspecified atom stereocenters. The number of carboxylic acids is 1. The first-order valence-electron chi connectivity index (χ1n) is 6.28. The number of hydrogen-bond acceptors (Lipinski definition) is 4. The average Bonchev–Trinajstić information content (AvgIpc) is 2.42. The van der Waals surface area contributed by atoms with E-state index in [0.717, 1.165) is 5.56 Å². The van der Waals surface area contributed by atoms with Gasteiger partial charge in [0.25, 0.3) is 0 Å². The van der Waals surface area contributed by atoms with Gasteiger partial charge >= 0.3 is 5.97 Å². The van der Waals surface area contributed by atoms with Crippen molar-refractivity contribution in [3.8, 4) is 0 Å². The Morgan fingerprint density at radius 3 is 2.37 bits per heavy atom. The van der Waals surface area contributed by atoms with E-state index in [-0.39, 0.29) is 6.61 Å². The Morgan fingerprint density at radius 1 is 0.947 bits per heavy atom. The first kappa shape index (κ1) is 15.6. The predicted molar refractivity (Wildman–Crippen MR) is 70.0 cm³/mol. The average molecular weight is 268 g/mol. The molecular weight excluding hydrogens is 248 g/mol. The Bertz CT molecular complexity index is 339. The van der Waals surface area contributed by atoms with Crippen LogP contribution in [0.1, 0.15) is 12.0 Å². The normalized spacial score (nSPS) is 10.5. The number of ether oxygens (including phenoxy) is 3. The van der Waals surface area contributed by atoms with Crippen LogP contribution in [0.4, 0.5) is 0 Å². The molecule has 0 aliphatic rings. The van der Waals surface area contributed by atoms with Gasteiger partial charge in [-0.15, -0.1) is 0 Å². The van der Waals surface area contributed by atoms with E-state index < -0.39 is 5.97 Å². The monoisotopic (exact) mass is 268 g/mol. The molecule has 1 aromatic rings. The largest absolute Gasteiger partial charge is 0.480 e. The molecule has 0 spiro atoms. The molecule has 0 saturated heterocycles. The summed E-state index contributed by atoms with van der Waals surface area (Å²) in [5.74, 6) is -0.949. The molecule has 0 heterocycles. The van der Waals surface area contributed by atoms with Crippen LogP contribution in [-0.4, -0.2) is 44.1 Å². The predicted octanol–water partition coefficient (Wildman–Crippen LogP) is 1.71. The van der Waals surface area contributed by atoms with Gasteiger partial charge in [-0.05, 0) is 12.0 Å². The molecule has 5 heteroatoms. The lowest BCUT2D eigenvalue weighted by Gasteiger charge is -2.06. The molecule has 0 aliphatic carbocycles. The molecular formula is C14H20O5. The van der Waals surface area contributed by atoms with Gasteiger partial charge in [0.15, 0.2) is 0 Å². The van der Waals surface area contributed by atoms with Crippen LogP contribution in [0.15, 0.2) is 30.3 Å². The third kappa shape index (κ3) is 9.18. The molecule has 1 aromatic carbocycles. The summed E-state index contributed by atoms with van der Waals surface area (Å²) in [6, 6.07) is 9.96. The maximum Gasteiger partial charge on any atom is 0.329 e. The van der Waals surface area contributed by atoms with Crippen LogP contribution in [0.3, 0.4) is 0 Å². The van der Waals surface area contributed by atoms with Crippen molar-refractivity contribution in [1.82, 2.24) is 0 Å². The van der Waals surface area contributed by atoms with E-state index in [9.17, 15) is 4.79 Å². The van der Waals surface area contributed by atoms with Crippen LogP contribution in [0.2, 0.25) is 0 Å². The van der Waals surface area contributed by atoms with Crippen molar-refractivity contribution in [2.24, 2.45) is 0 Å². The van der Waals surface area contributed by atoms with Gasteiger partial charge in [0, 0.05) is 13.2 Å². The van der Waals surface area contributed by atoms with E-state index >= 15 is 0 Å². The molecule has 0 fully saturated rings. The Labute approximate surface area is 113 Å². The summed E-state index contributed by atoms with van der Waals surface area (Å²) in [4.78, 5) is 10.2. The van der Waals surface area contributed by atoms with Crippen LogP contribution < -0.4 is 0 Å². The van der Waals surface area contributed by atoms with E-state index in [1.54, 1.807) is 0 Å². The lowest BCUT2D eigenvalue weighted by atomic mass is 10.2. The molecule has 5 nitrogen and oxygen atoms in total. The number of carboxylic acid groups (broad SMARTS) is 1. The third-order valence-corrected chi connectivity index (χ3v) is 2.29. The van der Waals surface area contributed by atoms with E-state index in [1.807, 2.05) is 30.3 Å². The fourth-order valence-corrected chi connectivity index (χ4v) is 1.41. The first-order chi connectivity index (χ1) is 9.29. The highest BCUT2D eigenvalue weighted by molar-refractivity contribution is 5.67. The minimum atomic E-state index is -0.949. The smallest absolute Gasteiger partial charge is 0.329 e. The standard InChI is InChI=1S/C14H20O5/c15-14(16)12-18-8-4-7-17-9-10-19-11-13-5-2-1-3-6-13/h1-3,5-6H,4,7-12H2,(H,15,16). The van der Waals surface area contributed by atoms with E-state index in [2.05, 4.69) is 0 Å². The van der Waals surface area contributed by atoms with Crippen molar-refractivity contribution < 1.29 is 24.1 Å². The number of carbonyl (C=O) groups is 1. The molecule has 0 amide bonds. The van der Waals surface area contributed by atoms with Gasteiger partial charge < -0.3 is 19.3 Å². The van der Waals surface area contributed by atoms with Gasteiger partial charge in [-0.2, -0.15) is 0 Å². The summed E-state index contributed by atoms with van der Waals surface area (Å²) in [6.07, 6.45) is 0.686. The summed E-state index contributed by atoms with van der Waals surface area (Å²) in [6.45, 7) is 2.37. The van der Waals surface area contributed by atoms with E-state index in [0.29, 0.717) is 39.5 Å². The van der Waals surface area contributed by atoms with Crippen molar-refractivity contribution in [3.63, 3.8) is 0 Å². The van der Waals surface area contributed by atoms with Crippen molar-refractivity contribution in [3.05, 3.63) is 35.9 Å². The quantitative estimate of drug-likeness (QED) is 0.619. The van der Waals surface area contributed by atoms with Gasteiger partial charge in [0.1, 0.15) is 6.61 Å². The lowest BCUT2D eigenvalue weighted by molar-refractivity contribution is -0.142. The molecule has 0 saturated carbocycles. The van der Waals surface area contributed by atoms with Crippen LogP contribution in [0, 0.1) is 0 Å². The molecule has 19 heavy (non-hydrogen) atoms. The fourth-order valence-electron chi connectivity index (χ4n) is 1.41. The Balaban J connectivity index is 1.83. The summed E-state index contributed by atoms with van der Waals surface area (Å²) < 4.78 is 15.6. The van der Waals surface area contributed by atoms with Crippen LogP contribution in [0.5, 0.6) is 0 Å². The second-order valence-electron chi connectivity index (χ2n) is 3.95. The molecule has 0 aromatic heterocycles. The minimum absolute atomic E-state index is 0.250. The zero-order valence-corrected chi connectivity index (χ0v) is 10.9. The first-order valence-corrected chi connectivity index (χ1v) is 6.28. The van der Waals surface area contributed by atoms with Crippen molar-refractivity contribution in [2.45, 2.75) is 13.0 Å². The zero-order valence-electron chi connectivity index (χ0n) is 10.9. The minimum Gasteiger partial charge on any atom is -0.480 e. The lowest BCUT2D eigenvalue weighted by Crippen LogP contribution is -2.10. The van der Waals surface area contributed by atoms with Gasteiger partial charge in [-0.1, -0.05) is 30.3 Å². The van der Waals surface area contributed by atoms with Crippen LogP contribution in [0.25, 0.3) is 0 Å². The SMILES string of the molecule is O=C(O)COCCCOCCOCc1ccccc1. The van der Waals surface area contributed by atoms with Gasteiger partial charge in [0.05, 0.1) is 19.8 Å². The van der Waals surface area contributed by atoms with Crippen molar-refractivity contribution in [2.75, 3.05) is 33.0 Å². The Hall–Kier alpha value is -1.43. The number of benzene rings is 1. The van der Waals surface area contributed by atoms with Gasteiger partial charge in [0.2, 0.25) is 0 Å². The van der Waals surface area contributed by atoms with E-state index in [4.69, 9.17) is 19.3 Å². The maximum atomic E-state index is 10.2. The van der Waals surface area contributed by atoms with E-state index in [1.165, 1.54) is 0 Å². The molecule has 1 rings (SSSR count). The van der Waals surface area contributed by atoms with Crippen molar-refractivity contribution >= 4 is 5.97 Å². The summed E-state index contributed by atoms with van der Waals surface area (Å²) >= 11 is 0. The highest BCUT2D eigenvalue weighted by Crippen LogP contribution is 2.00. The summed E-state index contributed by atoms with van der Waals surface area (Å²) in [5, 5.41) is 8.33. The topological polar surface area (TPSA) is 65.0 Å². The zero-order chi connectivity index (χ0) is 13.8.